The Kier molecular flexibility index (Phi) is 5.93. The van der Waals surface area contributed by atoms with Crippen LogP contribution in [0.25, 0.3) is 11.3 Å². The Morgan fingerprint density at radius 3 is 2.52 bits per heavy atom. The van der Waals surface area contributed by atoms with Gasteiger partial charge in [-0.3, -0.25) is 9.89 Å². The van der Waals surface area contributed by atoms with Gasteiger partial charge in [0.15, 0.2) is 5.82 Å². The van der Waals surface area contributed by atoms with Gasteiger partial charge >= 0.3 is 0 Å². The van der Waals surface area contributed by atoms with Gasteiger partial charge in [-0.2, -0.15) is 5.10 Å². The Balaban J connectivity index is 1.50. The van der Waals surface area contributed by atoms with Gasteiger partial charge in [0, 0.05) is 12.1 Å². The number of anilines is 1. The summed E-state index contributed by atoms with van der Waals surface area (Å²) in [4.78, 5) is 12.3. The molecule has 27 heavy (non-hydrogen) atoms. The number of nitrogens with one attached hydrogen (secondary N) is 3. The molecule has 3 N–H and O–H groups in total. The van der Waals surface area contributed by atoms with E-state index in [9.17, 15) is 13.6 Å². The predicted molar refractivity (Wildman–Crippen MR) is 100 cm³/mol. The van der Waals surface area contributed by atoms with Crippen LogP contribution in [0.5, 0.6) is 0 Å². The fourth-order valence-corrected chi connectivity index (χ4v) is 2.67. The van der Waals surface area contributed by atoms with E-state index >= 15 is 0 Å². The van der Waals surface area contributed by atoms with Crippen molar-refractivity contribution in [2.75, 3.05) is 11.9 Å². The first-order valence-electron chi connectivity index (χ1n) is 8.61. The molecule has 1 atom stereocenters. The molecule has 0 aliphatic rings. The van der Waals surface area contributed by atoms with Crippen LogP contribution in [-0.2, 0) is 11.2 Å². The highest BCUT2D eigenvalue weighted by Gasteiger charge is 2.14. The van der Waals surface area contributed by atoms with Crippen molar-refractivity contribution in [1.29, 1.82) is 0 Å². The zero-order valence-corrected chi connectivity index (χ0v) is 14.8. The fourth-order valence-electron chi connectivity index (χ4n) is 2.67. The third kappa shape index (κ3) is 5.21. The highest BCUT2D eigenvalue weighted by molar-refractivity contribution is 5.94. The second kappa shape index (κ2) is 8.55. The number of benzene rings is 2. The summed E-state index contributed by atoms with van der Waals surface area (Å²) in [5.41, 5.74) is 2.31. The summed E-state index contributed by atoms with van der Waals surface area (Å²) in [5, 5.41) is 12.7. The number of aromatic amines is 1. The summed E-state index contributed by atoms with van der Waals surface area (Å²) in [5.74, 6) is -1.03. The minimum atomic E-state index is -0.608. The molecule has 0 bridgehead atoms. The summed E-state index contributed by atoms with van der Waals surface area (Å²) in [6, 6.07) is 14.3. The number of carbonyl (C=O) groups is 1. The molecule has 140 valence electrons. The molecule has 2 aromatic carbocycles. The molecule has 1 unspecified atom stereocenters. The van der Waals surface area contributed by atoms with Crippen molar-refractivity contribution < 1.29 is 13.6 Å². The smallest absolute Gasteiger partial charge is 0.242 e. The molecule has 0 saturated carbocycles. The van der Waals surface area contributed by atoms with Gasteiger partial charge in [-0.25, -0.2) is 8.78 Å². The molecule has 0 spiro atoms. The number of halogens is 2. The normalized spacial score (nSPS) is 12.0. The predicted octanol–water partition coefficient (Wildman–Crippen LogP) is 3.51. The van der Waals surface area contributed by atoms with Crippen LogP contribution in [0, 0.1) is 11.6 Å². The van der Waals surface area contributed by atoms with E-state index in [4.69, 9.17) is 0 Å². The molecule has 3 rings (SSSR count). The standard InChI is InChI=1S/C20H20F2N4O/c1-13(23-8-7-14-9-16(21)11-17(22)10-14)20(27)24-19-12-18(25-26-19)15-5-3-2-4-6-15/h2-6,9-13,23H,7-8H2,1H3,(H2,24,25,26,27). The number of H-pyrrole nitrogens is 1. The molecule has 7 heteroatoms. The van der Waals surface area contributed by atoms with Crippen molar-refractivity contribution in [1.82, 2.24) is 15.5 Å². The number of amides is 1. The molecule has 0 aliphatic heterocycles. The van der Waals surface area contributed by atoms with Crippen molar-refractivity contribution in [3.63, 3.8) is 0 Å². The molecule has 3 aromatic rings. The monoisotopic (exact) mass is 370 g/mol. The first kappa shape index (κ1) is 18.7. The SMILES string of the molecule is CC(NCCc1cc(F)cc(F)c1)C(=O)Nc1cc(-c2ccccc2)[nH]n1. The maximum absolute atomic E-state index is 13.2. The second-order valence-corrected chi connectivity index (χ2v) is 6.23. The van der Waals surface area contributed by atoms with Crippen molar-refractivity contribution in [3.05, 3.63) is 71.8 Å². The lowest BCUT2D eigenvalue weighted by atomic mass is 10.1. The Labute approximate surface area is 155 Å². The minimum Gasteiger partial charge on any atom is -0.308 e. The number of nitrogens with zero attached hydrogens (tertiary/aromatic N) is 1. The molecule has 0 fully saturated rings. The Morgan fingerprint density at radius 1 is 1.11 bits per heavy atom. The lowest BCUT2D eigenvalue weighted by Gasteiger charge is -2.13. The first-order chi connectivity index (χ1) is 13.0. The average Bonchev–Trinajstić information content (AvgIpc) is 3.10. The minimum absolute atomic E-state index is 0.244. The number of rotatable bonds is 7. The van der Waals surface area contributed by atoms with E-state index in [0.717, 1.165) is 17.3 Å². The number of aromatic nitrogens is 2. The fraction of sp³-hybridized carbons (Fsp3) is 0.200. The van der Waals surface area contributed by atoms with Gasteiger partial charge in [0.1, 0.15) is 11.6 Å². The van der Waals surface area contributed by atoms with Crippen LogP contribution in [0.15, 0.2) is 54.6 Å². The van der Waals surface area contributed by atoms with Crippen molar-refractivity contribution in [2.24, 2.45) is 0 Å². The quantitative estimate of drug-likeness (QED) is 0.596. The highest BCUT2D eigenvalue weighted by Crippen LogP contribution is 2.19. The van der Waals surface area contributed by atoms with Crippen LogP contribution in [-0.4, -0.2) is 28.7 Å². The summed E-state index contributed by atoms with van der Waals surface area (Å²) in [6.45, 7) is 2.12. The molecular formula is C20H20F2N4O. The van der Waals surface area contributed by atoms with Crippen LogP contribution < -0.4 is 10.6 Å². The summed E-state index contributed by atoms with van der Waals surface area (Å²) < 4.78 is 26.3. The van der Waals surface area contributed by atoms with Crippen molar-refractivity contribution >= 4 is 11.7 Å². The van der Waals surface area contributed by atoms with Gasteiger partial charge < -0.3 is 10.6 Å². The van der Waals surface area contributed by atoms with Crippen LogP contribution >= 0.6 is 0 Å². The van der Waals surface area contributed by atoms with Crippen molar-refractivity contribution in [3.8, 4) is 11.3 Å². The molecule has 1 heterocycles. The summed E-state index contributed by atoms with van der Waals surface area (Å²) in [7, 11) is 0. The summed E-state index contributed by atoms with van der Waals surface area (Å²) >= 11 is 0. The topological polar surface area (TPSA) is 69.8 Å². The van der Waals surface area contributed by atoms with E-state index in [0.29, 0.717) is 24.3 Å². The third-order valence-corrected chi connectivity index (χ3v) is 4.09. The summed E-state index contributed by atoms with van der Waals surface area (Å²) in [6.07, 6.45) is 0.410. The van der Waals surface area contributed by atoms with Gasteiger partial charge in [-0.15, -0.1) is 0 Å². The number of carbonyl (C=O) groups excluding carboxylic acids is 1. The van der Waals surface area contributed by atoms with Gasteiger partial charge in [0.2, 0.25) is 5.91 Å². The Morgan fingerprint density at radius 2 is 1.81 bits per heavy atom. The third-order valence-electron chi connectivity index (χ3n) is 4.09. The maximum Gasteiger partial charge on any atom is 0.242 e. The Hall–Kier alpha value is -3.06. The second-order valence-electron chi connectivity index (χ2n) is 6.23. The van der Waals surface area contributed by atoms with Crippen LogP contribution in [0.1, 0.15) is 12.5 Å². The molecule has 1 amide bonds. The van der Waals surface area contributed by atoms with E-state index in [1.807, 2.05) is 30.3 Å². The number of hydrogen-bond acceptors (Lipinski definition) is 3. The maximum atomic E-state index is 13.2. The zero-order chi connectivity index (χ0) is 19.2. The largest absolute Gasteiger partial charge is 0.308 e. The average molecular weight is 370 g/mol. The molecular weight excluding hydrogens is 350 g/mol. The lowest BCUT2D eigenvalue weighted by molar-refractivity contribution is -0.117. The van der Waals surface area contributed by atoms with E-state index in [2.05, 4.69) is 20.8 Å². The molecule has 0 aliphatic carbocycles. The van der Waals surface area contributed by atoms with Crippen LogP contribution in [0.2, 0.25) is 0 Å². The van der Waals surface area contributed by atoms with Crippen molar-refractivity contribution in [2.45, 2.75) is 19.4 Å². The zero-order valence-electron chi connectivity index (χ0n) is 14.8. The lowest BCUT2D eigenvalue weighted by Crippen LogP contribution is -2.39. The Bertz CT molecular complexity index is 891. The van der Waals surface area contributed by atoms with Gasteiger partial charge in [0.05, 0.1) is 11.7 Å². The van der Waals surface area contributed by atoms with E-state index in [-0.39, 0.29) is 5.91 Å². The molecule has 1 aromatic heterocycles. The van der Waals surface area contributed by atoms with Gasteiger partial charge in [-0.05, 0) is 43.1 Å². The van der Waals surface area contributed by atoms with Gasteiger partial charge in [0.25, 0.3) is 0 Å². The molecule has 5 nitrogen and oxygen atoms in total. The number of hydrogen-bond donors (Lipinski definition) is 3. The van der Waals surface area contributed by atoms with E-state index in [1.165, 1.54) is 12.1 Å². The van der Waals surface area contributed by atoms with Gasteiger partial charge in [-0.1, -0.05) is 30.3 Å². The molecule has 0 saturated heterocycles. The highest BCUT2D eigenvalue weighted by atomic mass is 19.1. The van der Waals surface area contributed by atoms with E-state index < -0.39 is 17.7 Å². The van der Waals surface area contributed by atoms with E-state index in [1.54, 1.807) is 13.0 Å². The van der Waals surface area contributed by atoms with Crippen LogP contribution in [0.3, 0.4) is 0 Å². The van der Waals surface area contributed by atoms with Crippen LogP contribution in [0.4, 0.5) is 14.6 Å². The first-order valence-corrected chi connectivity index (χ1v) is 8.61. The molecule has 0 radical (unpaired) electrons.